The summed E-state index contributed by atoms with van der Waals surface area (Å²) in [6, 6.07) is 7.57. The number of amides is 1. The highest BCUT2D eigenvalue weighted by Gasteiger charge is 2.32. The van der Waals surface area contributed by atoms with Crippen molar-refractivity contribution in [1.29, 1.82) is 5.26 Å². The van der Waals surface area contributed by atoms with Crippen molar-refractivity contribution in [2.24, 2.45) is 5.92 Å². The van der Waals surface area contributed by atoms with Gasteiger partial charge in [-0.25, -0.2) is 9.78 Å². The summed E-state index contributed by atoms with van der Waals surface area (Å²) in [6.45, 7) is 6.13. The zero-order valence-electron chi connectivity index (χ0n) is 21.3. The number of aromatic nitrogens is 2. The third-order valence-electron chi connectivity index (χ3n) is 5.45. The lowest BCUT2D eigenvalue weighted by atomic mass is 10.0. The number of hydrogen-bond acceptors (Lipinski definition) is 9. The SMILES string of the molecule is CC(C)(C)OC(=O)N1CC[C@H](CC(=O)CNc2nc(NCc3ccccc3OC(F)(F)F)ncc2C#N)C1. The van der Waals surface area contributed by atoms with Gasteiger partial charge in [-0.15, -0.1) is 13.2 Å². The Hall–Kier alpha value is -4.08. The van der Waals surface area contributed by atoms with E-state index in [-0.39, 0.29) is 59.9 Å². The Morgan fingerprint density at radius 2 is 1.95 bits per heavy atom. The van der Waals surface area contributed by atoms with Crippen LogP contribution in [-0.4, -0.2) is 58.3 Å². The van der Waals surface area contributed by atoms with Crippen LogP contribution in [0.5, 0.6) is 5.75 Å². The van der Waals surface area contributed by atoms with Gasteiger partial charge in [-0.2, -0.15) is 10.2 Å². The van der Waals surface area contributed by atoms with Gasteiger partial charge in [-0.1, -0.05) is 18.2 Å². The number of carbonyl (C=O) groups excluding carboxylic acids is 2. The van der Waals surface area contributed by atoms with Crippen LogP contribution in [0.4, 0.5) is 29.7 Å². The largest absolute Gasteiger partial charge is 0.573 e. The smallest absolute Gasteiger partial charge is 0.444 e. The quantitative estimate of drug-likeness (QED) is 0.478. The minimum absolute atomic E-state index is 0.00568. The van der Waals surface area contributed by atoms with E-state index < -0.39 is 18.1 Å². The second-order valence-corrected chi connectivity index (χ2v) is 9.75. The standard InChI is InChI=1S/C25H29F3N6O4/c1-24(2,3)38-23(36)34-9-8-16(15-34)10-19(35)14-30-21-18(11-29)13-32-22(33-21)31-12-17-6-4-5-7-20(17)37-25(26,27)28/h4-7,13,16H,8-10,12,14-15H2,1-3H3,(H2,30,31,32,33)/t16-/m1/s1. The van der Waals surface area contributed by atoms with E-state index in [1.54, 1.807) is 31.7 Å². The molecule has 10 nitrogen and oxygen atoms in total. The maximum Gasteiger partial charge on any atom is 0.573 e. The molecule has 1 saturated heterocycles. The number of hydrogen-bond donors (Lipinski definition) is 2. The summed E-state index contributed by atoms with van der Waals surface area (Å²) >= 11 is 0. The van der Waals surface area contributed by atoms with Crippen molar-refractivity contribution < 1.29 is 32.2 Å². The van der Waals surface area contributed by atoms with E-state index in [1.165, 1.54) is 24.4 Å². The molecule has 1 aliphatic heterocycles. The molecule has 0 unspecified atom stereocenters. The molecular weight excluding hydrogens is 505 g/mol. The summed E-state index contributed by atoms with van der Waals surface area (Å²) in [4.78, 5) is 34.6. The predicted octanol–water partition coefficient (Wildman–Crippen LogP) is 4.49. The second kappa shape index (κ2) is 12.0. The zero-order chi connectivity index (χ0) is 27.9. The first-order valence-corrected chi connectivity index (χ1v) is 11.9. The molecule has 1 amide bonds. The molecule has 3 rings (SSSR count). The van der Waals surface area contributed by atoms with Crippen LogP contribution in [0, 0.1) is 17.2 Å². The van der Waals surface area contributed by atoms with E-state index in [1.807, 2.05) is 6.07 Å². The van der Waals surface area contributed by atoms with Crippen molar-refractivity contribution in [1.82, 2.24) is 14.9 Å². The molecule has 1 fully saturated rings. The number of rotatable bonds is 9. The van der Waals surface area contributed by atoms with Crippen LogP contribution in [0.2, 0.25) is 0 Å². The first kappa shape index (κ1) is 28.5. The number of nitriles is 1. The first-order chi connectivity index (χ1) is 17.8. The molecule has 38 heavy (non-hydrogen) atoms. The van der Waals surface area contributed by atoms with Crippen molar-refractivity contribution >= 4 is 23.6 Å². The summed E-state index contributed by atoms with van der Waals surface area (Å²) in [5.41, 5.74) is -0.278. The van der Waals surface area contributed by atoms with Gasteiger partial charge in [0.2, 0.25) is 5.95 Å². The number of carbonyl (C=O) groups is 2. The van der Waals surface area contributed by atoms with E-state index in [4.69, 9.17) is 4.74 Å². The minimum atomic E-state index is -4.84. The van der Waals surface area contributed by atoms with Gasteiger partial charge in [-0.3, -0.25) is 4.79 Å². The fourth-order valence-corrected chi connectivity index (χ4v) is 3.80. The fraction of sp³-hybridized carbons (Fsp3) is 0.480. The number of ketones is 1. The number of halogens is 3. The highest BCUT2D eigenvalue weighted by atomic mass is 19.4. The number of alkyl halides is 3. The Balaban J connectivity index is 1.55. The van der Waals surface area contributed by atoms with E-state index in [2.05, 4.69) is 25.3 Å². The molecule has 1 aliphatic rings. The van der Waals surface area contributed by atoms with E-state index >= 15 is 0 Å². The number of likely N-dealkylation sites (tertiary alicyclic amines) is 1. The average Bonchev–Trinajstić information content (AvgIpc) is 3.29. The second-order valence-electron chi connectivity index (χ2n) is 9.75. The Morgan fingerprint density at radius 1 is 1.21 bits per heavy atom. The molecule has 0 bridgehead atoms. The molecule has 1 atom stereocenters. The molecule has 1 aromatic heterocycles. The van der Waals surface area contributed by atoms with Crippen molar-refractivity contribution in [3.8, 4) is 11.8 Å². The van der Waals surface area contributed by atoms with Crippen LogP contribution >= 0.6 is 0 Å². The maximum absolute atomic E-state index is 12.7. The van der Waals surface area contributed by atoms with Crippen LogP contribution in [0.1, 0.15) is 44.7 Å². The maximum atomic E-state index is 12.7. The number of nitrogens with zero attached hydrogens (tertiary/aromatic N) is 4. The van der Waals surface area contributed by atoms with Gasteiger partial charge in [0.15, 0.2) is 5.78 Å². The molecule has 204 valence electrons. The van der Waals surface area contributed by atoms with Crippen LogP contribution in [-0.2, 0) is 16.1 Å². The average molecular weight is 535 g/mol. The van der Waals surface area contributed by atoms with E-state index in [0.717, 1.165) is 0 Å². The van der Waals surface area contributed by atoms with Gasteiger partial charge in [0.1, 0.15) is 28.8 Å². The van der Waals surface area contributed by atoms with Gasteiger partial charge in [-0.05, 0) is 39.2 Å². The predicted molar refractivity (Wildman–Crippen MR) is 131 cm³/mol. The number of ether oxygens (including phenoxy) is 2. The summed E-state index contributed by atoms with van der Waals surface area (Å²) in [5, 5.41) is 15.0. The molecule has 2 heterocycles. The van der Waals surface area contributed by atoms with Crippen LogP contribution in [0.15, 0.2) is 30.5 Å². The lowest BCUT2D eigenvalue weighted by Crippen LogP contribution is -2.35. The highest BCUT2D eigenvalue weighted by molar-refractivity contribution is 5.83. The molecule has 0 saturated carbocycles. The van der Waals surface area contributed by atoms with Crippen molar-refractivity contribution in [2.75, 3.05) is 30.3 Å². The Morgan fingerprint density at radius 3 is 2.63 bits per heavy atom. The van der Waals surface area contributed by atoms with Crippen LogP contribution in [0.3, 0.4) is 0 Å². The number of nitrogens with one attached hydrogen (secondary N) is 2. The summed E-state index contributed by atoms with van der Waals surface area (Å²) < 4.78 is 47.4. The summed E-state index contributed by atoms with van der Waals surface area (Å²) in [5.74, 6) is -0.336. The van der Waals surface area contributed by atoms with Crippen LogP contribution in [0.25, 0.3) is 0 Å². The first-order valence-electron chi connectivity index (χ1n) is 11.9. The fourth-order valence-electron chi connectivity index (χ4n) is 3.80. The minimum Gasteiger partial charge on any atom is -0.444 e. The molecule has 2 aromatic rings. The van der Waals surface area contributed by atoms with Gasteiger partial charge in [0.05, 0.1) is 12.7 Å². The highest BCUT2D eigenvalue weighted by Crippen LogP contribution is 2.27. The molecule has 13 heteroatoms. The van der Waals surface area contributed by atoms with Crippen molar-refractivity contribution in [2.45, 2.75) is 52.1 Å². The molecule has 2 N–H and O–H groups in total. The van der Waals surface area contributed by atoms with Crippen molar-refractivity contribution in [3.63, 3.8) is 0 Å². The lowest BCUT2D eigenvalue weighted by Gasteiger charge is -2.24. The molecule has 0 aliphatic carbocycles. The Kier molecular flexibility index (Phi) is 8.98. The summed E-state index contributed by atoms with van der Waals surface area (Å²) in [7, 11) is 0. The number of para-hydroxylation sites is 1. The van der Waals surface area contributed by atoms with Gasteiger partial charge in [0.25, 0.3) is 0 Å². The zero-order valence-corrected chi connectivity index (χ0v) is 21.3. The van der Waals surface area contributed by atoms with Crippen molar-refractivity contribution in [3.05, 3.63) is 41.6 Å². The van der Waals surface area contributed by atoms with Crippen LogP contribution < -0.4 is 15.4 Å². The molecule has 0 spiro atoms. The monoisotopic (exact) mass is 534 g/mol. The topological polar surface area (TPSA) is 129 Å². The van der Waals surface area contributed by atoms with E-state index in [0.29, 0.717) is 19.5 Å². The Labute approximate surface area is 218 Å². The van der Waals surface area contributed by atoms with Gasteiger partial charge >= 0.3 is 12.5 Å². The third kappa shape index (κ3) is 8.79. The summed E-state index contributed by atoms with van der Waals surface area (Å²) in [6.07, 6.45) is -3.08. The lowest BCUT2D eigenvalue weighted by molar-refractivity contribution is -0.274. The third-order valence-corrected chi connectivity index (χ3v) is 5.45. The number of benzene rings is 1. The van der Waals surface area contributed by atoms with E-state index in [9.17, 15) is 28.0 Å². The van der Waals surface area contributed by atoms with Gasteiger partial charge in [0, 0.05) is 31.6 Å². The molecule has 0 radical (unpaired) electrons. The van der Waals surface area contributed by atoms with Gasteiger partial charge < -0.3 is 25.0 Å². The molecular formula is C25H29F3N6O4. The molecule has 1 aromatic carbocycles. The normalized spacial score (nSPS) is 15.5. The number of anilines is 2. The Bertz CT molecular complexity index is 1190. The number of Topliss-reactive ketones (excluding diaryl/α,β-unsaturated/α-hetero) is 1.